The molecule has 1 aliphatic carbocycles. The summed E-state index contributed by atoms with van der Waals surface area (Å²) in [6.07, 6.45) is 6.14. The molecule has 1 rings (SSSR count). The van der Waals surface area contributed by atoms with E-state index >= 15 is 0 Å². The smallest absolute Gasteiger partial charge is 0.306 e. The van der Waals surface area contributed by atoms with Crippen molar-refractivity contribution in [1.82, 2.24) is 0 Å². The highest BCUT2D eigenvalue weighted by atomic mass is 16.5. The van der Waals surface area contributed by atoms with Crippen LogP contribution >= 0.6 is 0 Å². The summed E-state index contributed by atoms with van der Waals surface area (Å²) in [5.74, 6) is -0.765. The average molecular weight is 244 g/mol. The van der Waals surface area contributed by atoms with E-state index in [0.29, 0.717) is 0 Å². The van der Waals surface area contributed by atoms with Crippen molar-refractivity contribution in [3.8, 4) is 0 Å². The SMILES string of the molecule is C[N+](C)(C)CC(CC(=O)O)OC1CCCCC1. The van der Waals surface area contributed by atoms with Gasteiger partial charge in [0.25, 0.3) is 0 Å². The first-order valence-corrected chi connectivity index (χ1v) is 6.54. The van der Waals surface area contributed by atoms with Gasteiger partial charge in [-0.05, 0) is 12.8 Å². The van der Waals surface area contributed by atoms with Crippen molar-refractivity contribution in [3.05, 3.63) is 0 Å². The molecule has 0 bridgehead atoms. The third-order valence-electron chi connectivity index (χ3n) is 3.09. The molecule has 1 N–H and O–H groups in total. The molecule has 0 heterocycles. The Kier molecular flexibility index (Phi) is 5.40. The van der Waals surface area contributed by atoms with Gasteiger partial charge < -0.3 is 14.3 Å². The Balaban J connectivity index is 2.46. The minimum absolute atomic E-state index is 0.117. The fraction of sp³-hybridized carbons (Fsp3) is 0.923. The van der Waals surface area contributed by atoms with E-state index in [1.54, 1.807) is 0 Å². The van der Waals surface area contributed by atoms with E-state index in [9.17, 15) is 4.79 Å². The van der Waals surface area contributed by atoms with Gasteiger partial charge in [-0.25, -0.2) is 0 Å². The van der Waals surface area contributed by atoms with Gasteiger partial charge in [0.1, 0.15) is 12.6 Å². The average Bonchev–Trinajstić information content (AvgIpc) is 2.15. The summed E-state index contributed by atoms with van der Waals surface area (Å²) in [5, 5.41) is 8.92. The molecule has 100 valence electrons. The lowest BCUT2D eigenvalue weighted by atomic mass is 9.97. The molecule has 1 fully saturated rings. The lowest BCUT2D eigenvalue weighted by Crippen LogP contribution is -2.44. The highest BCUT2D eigenvalue weighted by Crippen LogP contribution is 2.22. The van der Waals surface area contributed by atoms with Crippen LogP contribution in [0.5, 0.6) is 0 Å². The molecule has 17 heavy (non-hydrogen) atoms. The number of likely N-dealkylation sites (N-methyl/N-ethyl adjacent to an activating group) is 1. The Hall–Kier alpha value is -0.610. The molecular formula is C13H26NO3+. The van der Waals surface area contributed by atoms with E-state index in [1.807, 2.05) is 0 Å². The number of quaternary nitrogens is 1. The quantitative estimate of drug-likeness (QED) is 0.726. The summed E-state index contributed by atoms with van der Waals surface area (Å²) < 4.78 is 6.72. The van der Waals surface area contributed by atoms with Crippen molar-refractivity contribution >= 4 is 5.97 Å². The lowest BCUT2D eigenvalue weighted by molar-refractivity contribution is -0.873. The van der Waals surface area contributed by atoms with Gasteiger partial charge in [-0.3, -0.25) is 4.79 Å². The fourth-order valence-electron chi connectivity index (χ4n) is 2.43. The third kappa shape index (κ3) is 6.64. The first-order valence-electron chi connectivity index (χ1n) is 6.54. The van der Waals surface area contributed by atoms with Crippen LogP contribution in [0.4, 0.5) is 0 Å². The van der Waals surface area contributed by atoms with Gasteiger partial charge in [-0.2, -0.15) is 0 Å². The van der Waals surface area contributed by atoms with E-state index in [1.165, 1.54) is 19.3 Å². The molecular weight excluding hydrogens is 218 g/mol. The summed E-state index contributed by atoms with van der Waals surface area (Å²) in [4.78, 5) is 10.9. The minimum atomic E-state index is -0.765. The van der Waals surface area contributed by atoms with Crippen molar-refractivity contribution in [2.75, 3.05) is 27.7 Å². The zero-order valence-electron chi connectivity index (χ0n) is 11.3. The Bertz CT molecular complexity index is 242. The number of aliphatic carboxylic acids is 1. The molecule has 1 saturated carbocycles. The number of rotatable bonds is 6. The number of hydrogen-bond donors (Lipinski definition) is 1. The van der Waals surface area contributed by atoms with Gasteiger partial charge in [0.05, 0.1) is 33.7 Å². The number of ether oxygens (including phenoxy) is 1. The van der Waals surface area contributed by atoms with Crippen LogP contribution < -0.4 is 0 Å². The van der Waals surface area contributed by atoms with Crippen molar-refractivity contribution < 1.29 is 19.1 Å². The highest BCUT2D eigenvalue weighted by Gasteiger charge is 2.25. The van der Waals surface area contributed by atoms with Crippen LogP contribution in [0.25, 0.3) is 0 Å². The topological polar surface area (TPSA) is 46.5 Å². The number of carbonyl (C=O) groups is 1. The van der Waals surface area contributed by atoms with Crippen LogP contribution in [-0.2, 0) is 9.53 Å². The minimum Gasteiger partial charge on any atom is -0.481 e. The number of carboxylic acid groups (broad SMARTS) is 1. The molecule has 4 nitrogen and oxygen atoms in total. The Morgan fingerprint density at radius 1 is 1.29 bits per heavy atom. The molecule has 0 saturated heterocycles. The first-order chi connectivity index (χ1) is 7.87. The normalized spacial score (nSPS) is 20.2. The molecule has 0 spiro atoms. The fourth-order valence-corrected chi connectivity index (χ4v) is 2.43. The summed E-state index contributed by atoms with van der Waals surface area (Å²) in [6, 6.07) is 0. The second-order valence-corrected chi connectivity index (χ2v) is 6.09. The van der Waals surface area contributed by atoms with Crippen molar-refractivity contribution in [2.45, 2.75) is 50.7 Å². The third-order valence-corrected chi connectivity index (χ3v) is 3.09. The number of nitrogens with zero attached hydrogens (tertiary/aromatic N) is 1. The predicted molar refractivity (Wildman–Crippen MR) is 66.9 cm³/mol. The molecule has 4 heteroatoms. The number of hydrogen-bond acceptors (Lipinski definition) is 2. The molecule has 0 aromatic rings. The Labute approximate surface area is 104 Å². The molecule has 0 aromatic carbocycles. The van der Waals surface area contributed by atoms with Crippen molar-refractivity contribution in [2.24, 2.45) is 0 Å². The molecule has 1 atom stereocenters. The van der Waals surface area contributed by atoms with Crippen molar-refractivity contribution in [1.29, 1.82) is 0 Å². The molecule has 1 unspecified atom stereocenters. The second-order valence-electron chi connectivity index (χ2n) is 6.09. The van der Waals surface area contributed by atoms with Gasteiger partial charge in [0, 0.05) is 0 Å². The molecule has 0 aromatic heterocycles. The van der Waals surface area contributed by atoms with E-state index in [2.05, 4.69) is 21.1 Å². The summed E-state index contributed by atoms with van der Waals surface area (Å²) >= 11 is 0. The maximum atomic E-state index is 10.9. The Morgan fingerprint density at radius 3 is 2.35 bits per heavy atom. The lowest BCUT2D eigenvalue weighted by Gasteiger charge is -2.32. The van der Waals surface area contributed by atoms with Crippen molar-refractivity contribution in [3.63, 3.8) is 0 Å². The van der Waals surface area contributed by atoms with E-state index in [4.69, 9.17) is 9.84 Å². The van der Waals surface area contributed by atoms with E-state index < -0.39 is 5.97 Å². The standard InChI is InChI=1S/C13H25NO3/c1-14(2,3)10-12(9-13(15)16)17-11-7-5-4-6-8-11/h11-12H,4-10H2,1-3H3/p+1. The van der Waals surface area contributed by atoms with Crippen LogP contribution in [0.3, 0.4) is 0 Å². The Morgan fingerprint density at radius 2 is 1.88 bits per heavy atom. The maximum Gasteiger partial charge on any atom is 0.306 e. The van der Waals surface area contributed by atoms with Crippen LogP contribution in [-0.4, -0.2) is 55.5 Å². The van der Waals surface area contributed by atoms with Gasteiger partial charge in [-0.15, -0.1) is 0 Å². The van der Waals surface area contributed by atoms with E-state index in [-0.39, 0.29) is 18.6 Å². The monoisotopic (exact) mass is 244 g/mol. The van der Waals surface area contributed by atoms with Gasteiger partial charge >= 0.3 is 5.97 Å². The number of carboxylic acids is 1. The van der Waals surface area contributed by atoms with Crippen LogP contribution in [0.2, 0.25) is 0 Å². The maximum absolute atomic E-state index is 10.9. The zero-order chi connectivity index (χ0) is 12.9. The zero-order valence-corrected chi connectivity index (χ0v) is 11.3. The summed E-state index contributed by atoms with van der Waals surface area (Å²) in [5.41, 5.74) is 0. The summed E-state index contributed by atoms with van der Waals surface area (Å²) in [6.45, 7) is 0.753. The molecule has 0 radical (unpaired) electrons. The molecule has 0 aliphatic heterocycles. The molecule has 1 aliphatic rings. The van der Waals surface area contributed by atoms with Crippen LogP contribution in [0, 0.1) is 0 Å². The molecule has 0 amide bonds. The van der Waals surface area contributed by atoms with Crippen LogP contribution in [0.1, 0.15) is 38.5 Å². The first kappa shape index (κ1) is 14.5. The largest absolute Gasteiger partial charge is 0.481 e. The predicted octanol–water partition coefficient (Wildman–Crippen LogP) is 1.89. The summed E-state index contributed by atoms with van der Waals surface area (Å²) in [7, 11) is 6.21. The van der Waals surface area contributed by atoms with Gasteiger partial charge in [0.2, 0.25) is 0 Å². The van der Waals surface area contributed by atoms with Crippen LogP contribution in [0.15, 0.2) is 0 Å². The second kappa shape index (κ2) is 6.36. The van der Waals surface area contributed by atoms with E-state index in [0.717, 1.165) is 23.9 Å². The van der Waals surface area contributed by atoms with Gasteiger partial charge in [-0.1, -0.05) is 19.3 Å². The van der Waals surface area contributed by atoms with Gasteiger partial charge in [0.15, 0.2) is 0 Å². The highest BCUT2D eigenvalue weighted by molar-refractivity contribution is 5.67.